The lowest BCUT2D eigenvalue weighted by molar-refractivity contribution is 0.0918. The largest absolute Gasteiger partial charge is 0.351 e. The number of halogens is 3. The summed E-state index contributed by atoms with van der Waals surface area (Å²) in [5.74, 6) is -1.98. The van der Waals surface area contributed by atoms with Gasteiger partial charge < -0.3 is 5.32 Å². The van der Waals surface area contributed by atoms with E-state index < -0.39 is 17.5 Å². The predicted octanol–water partition coefficient (Wildman–Crippen LogP) is 4.04. The molecule has 0 spiro atoms. The lowest BCUT2D eigenvalue weighted by Gasteiger charge is -2.35. The molecule has 0 radical (unpaired) electrons. The first kappa shape index (κ1) is 15.4. The number of nitrogens with one attached hydrogen (secondary N) is 1. The summed E-state index contributed by atoms with van der Waals surface area (Å²) in [5.41, 5.74) is -0.0448. The number of hydrogen-bond donors (Lipinski definition) is 1. The van der Waals surface area contributed by atoms with Gasteiger partial charge in [-0.3, -0.25) is 4.79 Å². The first-order valence-corrected chi connectivity index (χ1v) is 7.98. The van der Waals surface area contributed by atoms with E-state index in [4.69, 9.17) is 0 Å². The van der Waals surface area contributed by atoms with Gasteiger partial charge in [0.15, 0.2) is 0 Å². The fourth-order valence-electron chi connectivity index (χ4n) is 2.70. The van der Waals surface area contributed by atoms with Crippen molar-refractivity contribution in [3.63, 3.8) is 0 Å². The summed E-state index contributed by atoms with van der Waals surface area (Å²) in [4.78, 5) is 12.0. The molecule has 1 fully saturated rings. The molecule has 2 nitrogen and oxygen atoms in total. The number of amides is 1. The average Bonchev–Trinajstić information content (AvgIpc) is 2.46. The van der Waals surface area contributed by atoms with Crippen LogP contribution in [0.25, 0.3) is 0 Å². The fourth-order valence-corrected chi connectivity index (χ4v) is 3.46. The Morgan fingerprint density at radius 1 is 1.25 bits per heavy atom. The van der Waals surface area contributed by atoms with Crippen LogP contribution in [-0.2, 0) is 0 Å². The van der Waals surface area contributed by atoms with Crippen LogP contribution < -0.4 is 5.32 Å². The van der Waals surface area contributed by atoms with Crippen LogP contribution in [0.2, 0.25) is 0 Å². The van der Waals surface area contributed by atoms with Crippen molar-refractivity contribution in [3.8, 4) is 0 Å². The van der Waals surface area contributed by atoms with Gasteiger partial charge in [0.1, 0.15) is 11.6 Å². The lowest BCUT2D eigenvalue weighted by atomic mass is 9.75. The minimum atomic E-state index is -0.820. The van der Waals surface area contributed by atoms with E-state index in [1.807, 2.05) is 0 Å². The Bertz CT molecular complexity index is 487. The fraction of sp³-hybridized carbons (Fsp3) is 0.533. The van der Waals surface area contributed by atoms with Crippen LogP contribution >= 0.6 is 15.9 Å². The van der Waals surface area contributed by atoms with E-state index in [1.54, 1.807) is 0 Å². The highest BCUT2D eigenvalue weighted by atomic mass is 79.9. The molecule has 110 valence electrons. The second kappa shape index (κ2) is 6.66. The van der Waals surface area contributed by atoms with Crippen LogP contribution in [0.4, 0.5) is 8.78 Å². The highest BCUT2D eigenvalue weighted by Crippen LogP contribution is 2.37. The summed E-state index contributed by atoms with van der Waals surface area (Å²) < 4.78 is 26.4. The van der Waals surface area contributed by atoms with Crippen molar-refractivity contribution in [2.75, 3.05) is 11.9 Å². The van der Waals surface area contributed by atoms with Crippen LogP contribution in [-0.4, -0.2) is 17.8 Å². The van der Waals surface area contributed by atoms with Crippen molar-refractivity contribution in [1.29, 1.82) is 0 Å². The molecule has 1 aliphatic rings. The third-order valence-corrected chi connectivity index (χ3v) is 5.19. The number of benzene rings is 1. The van der Waals surface area contributed by atoms with E-state index in [0.29, 0.717) is 6.54 Å². The number of carbonyl (C=O) groups excluding carboxylic acids is 1. The number of alkyl halides is 1. The summed E-state index contributed by atoms with van der Waals surface area (Å²) in [6, 6.07) is 3.01. The van der Waals surface area contributed by atoms with Crippen molar-refractivity contribution in [3.05, 3.63) is 35.4 Å². The molecule has 0 aromatic heterocycles. The molecule has 2 rings (SSSR count). The van der Waals surface area contributed by atoms with E-state index in [0.717, 1.165) is 43.1 Å². The topological polar surface area (TPSA) is 29.1 Å². The SMILES string of the molecule is O=C(NCC1(CBr)CCCCC1)c1ccc(F)cc1F. The minimum Gasteiger partial charge on any atom is -0.351 e. The van der Waals surface area contributed by atoms with Crippen LogP contribution in [0.5, 0.6) is 0 Å². The van der Waals surface area contributed by atoms with Gasteiger partial charge in [0.2, 0.25) is 0 Å². The molecular weight excluding hydrogens is 328 g/mol. The van der Waals surface area contributed by atoms with E-state index in [2.05, 4.69) is 21.2 Å². The van der Waals surface area contributed by atoms with Gasteiger partial charge in [-0.15, -0.1) is 0 Å². The Kier molecular flexibility index (Phi) is 5.13. The maximum Gasteiger partial charge on any atom is 0.254 e. The molecule has 1 aliphatic carbocycles. The van der Waals surface area contributed by atoms with Gasteiger partial charge >= 0.3 is 0 Å². The summed E-state index contributed by atoms with van der Waals surface area (Å²) in [6.07, 6.45) is 5.67. The van der Waals surface area contributed by atoms with Crippen LogP contribution in [0.1, 0.15) is 42.5 Å². The van der Waals surface area contributed by atoms with Gasteiger partial charge in [0.25, 0.3) is 5.91 Å². The third kappa shape index (κ3) is 3.57. The van der Waals surface area contributed by atoms with Gasteiger partial charge in [0, 0.05) is 17.9 Å². The van der Waals surface area contributed by atoms with Gasteiger partial charge in [-0.05, 0) is 30.4 Å². The van der Waals surface area contributed by atoms with E-state index in [-0.39, 0.29) is 11.0 Å². The maximum absolute atomic E-state index is 13.5. The normalized spacial score (nSPS) is 17.8. The molecule has 1 amide bonds. The molecule has 1 saturated carbocycles. The minimum absolute atomic E-state index is 0.0599. The predicted molar refractivity (Wildman–Crippen MR) is 78.0 cm³/mol. The Morgan fingerprint density at radius 3 is 2.55 bits per heavy atom. The zero-order valence-electron chi connectivity index (χ0n) is 11.2. The maximum atomic E-state index is 13.5. The van der Waals surface area contributed by atoms with Crippen molar-refractivity contribution in [2.45, 2.75) is 32.1 Å². The molecule has 1 aromatic rings. The van der Waals surface area contributed by atoms with Crippen molar-refractivity contribution >= 4 is 21.8 Å². The lowest BCUT2D eigenvalue weighted by Crippen LogP contribution is -2.40. The summed E-state index contributed by atoms with van der Waals surface area (Å²) in [7, 11) is 0. The molecule has 0 atom stereocenters. The Labute approximate surface area is 126 Å². The molecule has 1 aromatic carbocycles. The van der Waals surface area contributed by atoms with E-state index >= 15 is 0 Å². The van der Waals surface area contributed by atoms with Crippen LogP contribution in [0, 0.1) is 17.0 Å². The number of rotatable bonds is 4. The average molecular weight is 346 g/mol. The summed E-state index contributed by atoms with van der Waals surface area (Å²) >= 11 is 3.52. The third-order valence-electron chi connectivity index (χ3n) is 4.00. The molecule has 0 aliphatic heterocycles. The highest BCUT2D eigenvalue weighted by molar-refractivity contribution is 9.09. The van der Waals surface area contributed by atoms with Gasteiger partial charge in [-0.2, -0.15) is 0 Å². The zero-order chi connectivity index (χ0) is 14.6. The molecular formula is C15H18BrF2NO. The Morgan fingerprint density at radius 2 is 1.95 bits per heavy atom. The summed E-state index contributed by atoms with van der Waals surface area (Å²) in [5, 5.41) is 3.61. The molecule has 0 heterocycles. The Balaban J connectivity index is 2.00. The molecule has 20 heavy (non-hydrogen) atoms. The smallest absolute Gasteiger partial charge is 0.254 e. The second-order valence-electron chi connectivity index (χ2n) is 5.50. The molecule has 1 N–H and O–H groups in total. The van der Waals surface area contributed by atoms with E-state index in [1.165, 1.54) is 12.5 Å². The zero-order valence-corrected chi connectivity index (χ0v) is 12.8. The quantitative estimate of drug-likeness (QED) is 0.819. The van der Waals surface area contributed by atoms with Crippen molar-refractivity contribution in [1.82, 2.24) is 5.32 Å². The highest BCUT2D eigenvalue weighted by Gasteiger charge is 2.31. The monoisotopic (exact) mass is 345 g/mol. The van der Waals surface area contributed by atoms with Crippen LogP contribution in [0.3, 0.4) is 0 Å². The molecule has 0 saturated heterocycles. The van der Waals surface area contributed by atoms with Crippen molar-refractivity contribution in [2.24, 2.45) is 5.41 Å². The number of hydrogen-bond acceptors (Lipinski definition) is 1. The van der Waals surface area contributed by atoms with Crippen molar-refractivity contribution < 1.29 is 13.6 Å². The molecule has 0 bridgehead atoms. The molecule has 5 heteroatoms. The van der Waals surface area contributed by atoms with Gasteiger partial charge in [-0.25, -0.2) is 8.78 Å². The molecule has 0 unspecified atom stereocenters. The first-order chi connectivity index (χ1) is 9.56. The van der Waals surface area contributed by atoms with Crippen LogP contribution in [0.15, 0.2) is 18.2 Å². The van der Waals surface area contributed by atoms with Gasteiger partial charge in [0.05, 0.1) is 5.56 Å². The number of carbonyl (C=O) groups is 1. The standard InChI is InChI=1S/C15H18BrF2NO/c16-9-15(6-2-1-3-7-15)10-19-14(20)12-5-4-11(17)8-13(12)18/h4-5,8H,1-3,6-7,9-10H2,(H,19,20). The van der Waals surface area contributed by atoms with Gasteiger partial charge in [-0.1, -0.05) is 35.2 Å². The first-order valence-electron chi connectivity index (χ1n) is 6.86. The second-order valence-corrected chi connectivity index (χ2v) is 6.06. The summed E-state index contributed by atoms with van der Waals surface area (Å²) in [6.45, 7) is 0.522. The Hall–Kier alpha value is -0.970. The van der Waals surface area contributed by atoms with E-state index in [9.17, 15) is 13.6 Å².